The molecule has 1 N–H and O–H groups in total. The molecule has 0 bridgehead atoms. The van der Waals surface area contributed by atoms with Gasteiger partial charge < -0.3 is 10.0 Å². The van der Waals surface area contributed by atoms with E-state index >= 15 is 0 Å². The molecule has 2 amide bonds. The standard InChI is InChI=1S/C17H15ClFN3O2.C3H8.C2H4O/c1-11-6-14(19)17(20-7-11)22-10-15(23)21(9-16(22)24)8-12-2-4-13(18)5-3-12;1-3-2;1-2-3/h2-7H,8-10H2,1H3;3H2,1-2H3;2-3H,1H2. The van der Waals surface area contributed by atoms with Crippen LogP contribution in [0.25, 0.3) is 0 Å². The summed E-state index contributed by atoms with van der Waals surface area (Å²) >= 11 is 5.84. The van der Waals surface area contributed by atoms with Crippen LogP contribution in [0.1, 0.15) is 31.4 Å². The maximum atomic E-state index is 14.0. The van der Waals surface area contributed by atoms with Crippen LogP contribution in [0.5, 0.6) is 0 Å². The third-order valence-corrected chi connectivity index (χ3v) is 4.03. The molecule has 6 nitrogen and oxygen atoms in total. The number of amides is 2. The van der Waals surface area contributed by atoms with Gasteiger partial charge in [-0.25, -0.2) is 9.37 Å². The highest BCUT2D eigenvalue weighted by Crippen LogP contribution is 2.21. The Kier molecular flexibility index (Phi) is 10.5. The lowest BCUT2D eigenvalue weighted by molar-refractivity contribution is -0.138. The minimum atomic E-state index is -0.609. The van der Waals surface area contributed by atoms with Crippen LogP contribution in [0.4, 0.5) is 10.2 Å². The van der Waals surface area contributed by atoms with Crippen molar-refractivity contribution in [2.45, 2.75) is 33.7 Å². The lowest BCUT2D eigenvalue weighted by Gasteiger charge is -2.33. The first kappa shape index (κ1) is 25.1. The Labute approximate surface area is 181 Å². The number of halogens is 2. The van der Waals surface area contributed by atoms with Crippen LogP contribution in [0, 0.1) is 12.7 Å². The topological polar surface area (TPSA) is 73.7 Å². The lowest BCUT2D eigenvalue weighted by atomic mass is 10.2. The molecule has 1 fully saturated rings. The predicted molar refractivity (Wildman–Crippen MR) is 117 cm³/mol. The average Bonchev–Trinajstić information content (AvgIpc) is 2.68. The third-order valence-electron chi connectivity index (χ3n) is 3.77. The summed E-state index contributed by atoms with van der Waals surface area (Å²) in [5, 5.41) is 7.94. The molecule has 8 heteroatoms. The smallest absolute Gasteiger partial charge is 0.248 e. The van der Waals surface area contributed by atoms with E-state index in [1.54, 1.807) is 31.2 Å². The van der Waals surface area contributed by atoms with Gasteiger partial charge in [0.1, 0.15) is 13.1 Å². The second-order valence-corrected chi connectivity index (χ2v) is 7.00. The zero-order valence-corrected chi connectivity index (χ0v) is 18.2. The number of benzene rings is 1. The Morgan fingerprint density at radius 2 is 1.77 bits per heavy atom. The summed E-state index contributed by atoms with van der Waals surface area (Å²) in [6.45, 7) is 8.84. The molecule has 0 unspecified atom stereocenters. The number of aliphatic hydroxyl groups is 1. The normalized spacial score (nSPS) is 13.1. The molecule has 0 aliphatic carbocycles. The molecule has 1 aromatic heterocycles. The summed E-state index contributed by atoms with van der Waals surface area (Å²) in [7, 11) is 0. The summed E-state index contributed by atoms with van der Waals surface area (Å²) in [5.41, 5.74) is 1.52. The van der Waals surface area contributed by atoms with E-state index in [2.05, 4.69) is 25.4 Å². The Hall–Kier alpha value is -2.93. The van der Waals surface area contributed by atoms with Gasteiger partial charge >= 0.3 is 0 Å². The molecule has 0 radical (unpaired) electrons. The number of rotatable bonds is 3. The Balaban J connectivity index is 0.000000672. The molecule has 3 rings (SSSR count). The maximum Gasteiger partial charge on any atom is 0.248 e. The van der Waals surface area contributed by atoms with Gasteiger partial charge in [0.05, 0.1) is 6.26 Å². The van der Waals surface area contributed by atoms with Gasteiger partial charge in [-0.05, 0) is 36.2 Å². The summed E-state index contributed by atoms with van der Waals surface area (Å²) in [4.78, 5) is 31.1. The number of hydrogen-bond acceptors (Lipinski definition) is 4. The van der Waals surface area contributed by atoms with Crippen LogP contribution in [0.15, 0.2) is 49.4 Å². The number of nitrogens with zero attached hydrogens (tertiary/aromatic N) is 3. The SMILES string of the molecule is C=CO.CCC.Cc1cnc(N2CC(=O)N(Cc3ccc(Cl)cc3)CC2=O)c(F)c1. The second-order valence-electron chi connectivity index (χ2n) is 6.56. The highest BCUT2D eigenvalue weighted by Gasteiger charge is 2.32. The molecule has 2 aromatic rings. The summed E-state index contributed by atoms with van der Waals surface area (Å²) in [6, 6.07) is 8.34. The van der Waals surface area contributed by atoms with Gasteiger partial charge in [0, 0.05) is 17.8 Å². The Morgan fingerprint density at radius 1 is 1.20 bits per heavy atom. The number of piperazine rings is 1. The van der Waals surface area contributed by atoms with E-state index in [1.165, 1.54) is 23.6 Å². The monoisotopic (exact) mass is 435 g/mol. The van der Waals surface area contributed by atoms with Crippen molar-refractivity contribution in [2.75, 3.05) is 18.0 Å². The Morgan fingerprint density at radius 3 is 2.30 bits per heavy atom. The Bertz CT molecular complexity index is 859. The summed E-state index contributed by atoms with van der Waals surface area (Å²) in [5.74, 6) is -1.34. The minimum Gasteiger partial charge on any atom is -0.516 e. The van der Waals surface area contributed by atoms with Crippen LogP contribution < -0.4 is 4.90 Å². The summed E-state index contributed by atoms with van der Waals surface area (Å²) in [6.07, 6.45) is 3.47. The van der Waals surface area contributed by atoms with E-state index in [9.17, 15) is 14.0 Å². The molecule has 0 spiro atoms. The van der Waals surface area contributed by atoms with E-state index in [0.717, 1.165) is 16.7 Å². The molecule has 0 atom stereocenters. The zero-order chi connectivity index (χ0) is 22.7. The largest absolute Gasteiger partial charge is 0.516 e. The van der Waals surface area contributed by atoms with Crippen LogP contribution in [0.2, 0.25) is 5.02 Å². The predicted octanol–water partition coefficient (Wildman–Crippen LogP) is 4.66. The van der Waals surface area contributed by atoms with Gasteiger partial charge in [0.15, 0.2) is 11.6 Å². The fraction of sp³-hybridized carbons (Fsp3) is 0.318. The maximum absolute atomic E-state index is 14.0. The molecular formula is C22H27ClFN3O3. The van der Waals surface area contributed by atoms with Gasteiger partial charge in [-0.2, -0.15) is 0 Å². The van der Waals surface area contributed by atoms with E-state index in [4.69, 9.17) is 16.7 Å². The van der Waals surface area contributed by atoms with Gasteiger partial charge in [-0.15, -0.1) is 0 Å². The van der Waals surface area contributed by atoms with Crippen molar-refractivity contribution in [3.8, 4) is 0 Å². The van der Waals surface area contributed by atoms with Crippen molar-refractivity contribution < 1.29 is 19.1 Å². The van der Waals surface area contributed by atoms with Gasteiger partial charge in [-0.1, -0.05) is 50.6 Å². The first-order valence-corrected chi connectivity index (χ1v) is 9.84. The number of aryl methyl sites for hydroxylation is 1. The molecule has 1 aliphatic rings. The first-order chi connectivity index (χ1) is 14.3. The fourth-order valence-electron chi connectivity index (χ4n) is 2.53. The lowest BCUT2D eigenvalue weighted by Crippen LogP contribution is -2.54. The fourth-order valence-corrected chi connectivity index (χ4v) is 2.66. The number of anilines is 1. The molecule has 1 aromatic carbocycles. The van der Waals surface area contributed by atoms with Crippen molar-refractivity contribution in [3.63, 3.8) is 0 Å². The van der Waals surface area contributed by atoms with Crippen LogP contribution in [-0.2, 0) is 16.1 Å². The number of aliphatic hydroxyl groups excluding tert-OH is 1. The molecular weight excluding hydrogens is 409 g/mol. The molecule has 162 valence electrons. The number of carbonyl (C=O) groups is 2. The molecule has 2 heterocycles. The van der Waals surface area contributed by atoms with E-state index in [0.29, 0.717) is 17.1 Å². The van der Waals surface area contributed by atoms with Crippen molar-refractivity contribution in [2.24, 2.45) is 0 Å². The van der Waals surface area contributed by atoms with Gasteiger partial charge in [0.2, 0.25) is 11.8 Å². The van der Waals surface area contributed by atoms with Gasteiger partial charge in [-0.3, -0.25) is 14.5 Å². The van der Waals surface area contributed by atoms with Crippen molar-refractivity contribution in [1.29, 1.82) is 0 Å². The van der Waals surface area contributed by atoms with Crippen LogP contribution in [-0.4, -0.2) is 39.9 Å². The minimum absolute atomic E-state index is 0.106. The molecule has 0 saturated carbocycles. The zero-order valence-electron chi connectivity index (χ0n) is 17.4. The van der Waals surface area contributed by atoms with Crippen molar-refractivity contribution in [3.05, 3.63) is 71.3 Å². The highest BCUT2D eigenvalue weighted by molar-refractivity contribution is 6.30. The number of aromatic nitrogens is 1. The highest BCUT2D eigenvalue weighted by atomic mass is 35.5. The van der Waals surface area contributed by atoms with E-state index in [-0.39, 0.29) is 30.7 Å². The number of carbonyl (C=O) groups excluding carboxylic acids is 2. The summed E-state index contributed by atoms with van der Waals surface area (Å²) < 4.78 is 14.0. The van der Waals surface area contributed by atoms with Crippen molar-refractivity contribution >= 4 is 29.2 Å². The van der Waals surface area contributed by atoms with Gasteiger partial charge in [0.25, 0.3) is 0 Å². The molecule has 1 aliphatic heterocycles. The average molecular weight is 436 g/mol. The number of hydrogen-bond donors (Lipinski definition) is 1. The van der Waals surface area contributed by atoms with Crippen LogP contribution >= 0.6 is 11.6 Å². The molecule has 30 heavy (non-hydrogen) atoms. The van der Waals surface area contributed by atoms with Crippen LogP contribution in [0.3, 0.4) is 0 Å². The molecule has 1 saturated heterocycles. The quantitative estimate of drug-likeness (QED) is 0.711. The third kappa shape index (κ3) is 7.48. The second kappa shape index (κ2) is 12.6. The van der Waals surface area contributed by atoms with E-state index in [1.807, 2.05) is 0 Å². The first-order valence-electron chi connectivity index (χ1n) is 9.47. The number of pyridine rings is 1. The van der Waals surface area contributed by atoms with Crippen molar-refractivity contribution in [1.82, 2.24) is 9.88 Å². The van der Waals surface area contributed by atoms with E-state index < -0.39 is 5.82 Å².